The molecule has 1 unspecified atom stereocenters. The molecule has 1 heterocycles. The first-order chi connectivity index (χ1) is 14.4. The molecule has 150 valence electrons. The number of ketones is 1. The maximum absolute atomic E-state index is 13.0. The molecule has 3 N–H and O–H groups in total. The van der Waals surface area contributed by atoms with Crippen LogP contribution in [0.5, 0.6) is 11.5 Å². The van der Waals surface area contributed by atoms with Crippen molar-refractivity contribution in [2.24, 2.45) is 0 Å². The number of halogens is 1. The number of amides is 1. The van der Waals surface area contributed by atoms with Gasteiger partial charge in [0.2, 0.25) is 0 Å². The van der Waals surface area contributed by atoms with Crippen LogP contribution < -0.4 is 4.90 Å². The summed E-state index contributed by atoms with van der Waals surface area (Å²) in [6.45, 7) is 0. The molecule has 4 rings (SSSR count). The van der Waals surface area contributed by atoms with Crippen LogP contribution in [0.25, 0.3) is 5.76 Å². The van der Waals surface area contributed by atoms with E-state index >= 15 is 0 Å². The lowest BCUT2D eigenvalue weighted by atomic mass is 9.95. The summed E-state index contributed by atoms with van der Waals surface area (Å²) in [5.41, 5.74) is 0.659. The molecule has 1 amide bonds. The quantitative estimate of drug-likeness (QED) is 0.331. The zero-order chi connectivity index (χ0) is 21.4. The monoisotopic (exact) mass is 421 g/mol. The van der Waals surface area contributed by atoms with Crippen molar-refractivity contribution in [3.8, 4) is 11.5 Å². The van der Waals surface area contributed by atoms with Crippen molar-refractivity contribution in [3.05, 3.63) is 94.5 Å². The second-order valence-electron chi connectivity index (χ2n) is 6.76. The van der Waals surface area contributed by atoms with Crippen molar-refractivity contribution in [1.29, 1.82) is 0 Å². The topological polar surface area (TPSA) is 98.1 Å². The first kappa shape index (κ1) is 19.5. The van der Waals surface area contributed by atoms with E-state index in [1.54, 1.807) is 36.4 Å². The fourth-order valence-corrected chi connectivity index (χ4v) is 3.65. The van der Waals surface area contributed by atoms with Gasteiger partial charge in [-0.2, -0.15) is 0 Å². The molecule has 0 bridgehead atoms. The molecule has 1 aliphatic rings. The Bertz CT molecular complexity index is 1190. The zero-order valence-corrected chi connectivity index (χ0v) is 16.2. The molecule has 0 spiro atoms. The highest BCUT2D eigenvalue weighted by molar-refractivity contribution is 6.52. The van der Waals surface area contributed by atoms with Crippen LogP contribution in [0.1, 0.15) is 17.2 Å². The Morgan fingerprint density at radius 2 is 1.60 bits per heavy atom. The lowest BCUT2D eigenvalue weighted by Crippen LogP contribution is -2.29. The maximum atomic E-state index is 13.0. The summed E-state index contributed by atoms with van der Waals surface area (Å²) in [5.74, 6) is -2.45. The number of carbonyl (C=O) groups is 2. The number of phenolic OH excluding ortho intramolecular Hbond substituents is 2. The fraction of sp³-hybridized carbons (Fsp3) is 0.0435. The third-order valence-electron chi connectivity index (χ3n) is 4.89. The van der Waals surface area contributed by atoms with Gasteiger partial charge in [-0.1, -0.05) is 35.9 Å². The van der Waals surface area contributed by atoms with Gasteiger partial charge in [0.15, 0.2) is 0 Å². The van der Waals surface area contributed by atoms with Gasteiger partial charge in [-0.25, -0.2) is 0 Å². The molecule has 30 heavy (non-hydrogen) atoms. The predicted molar refractivity (Wildman–Crippen MR) is 112 cm³/mol. The second kappa shape index (κ2) is 7.57. The molecule has 1 aliphatic heterocycles. The number of hydrogen-bond donors (Lipinski definition) is 3. The van der Waals surface area contributed by atoms with Gasteiger partial charge >= 0.3 is 0 Å². The molecule has 1 saturated heterocycles. The Morgan fingerprint density at radius 1 is 0.900 bits per heavy atom. The van der Waals surface area contributed by atoms with E-state index in [2.05, 4.69) is 0 Å². The number of hydrogen-bond acceptors (Lipinski definition) is 5. The van der Waals surface area contributed by atoms with Crippen LogP contribution >= 0.6 is 11.6 Å². The van der Waals surface area contributed by atoms with Crippen LogP contribution in [0.4, 0.5) is 5.69 Å². The van der Waals surface area contributed by atoms with Gasteiger partial charge in [-0.05, 0) is 54.1 Å². The third kappa shape index (κ3) is 3.27. The van der Waals surface area contributed by atoms with Crippen molar-refractivity contribution in [1.82, 2.24) is 0 Å². The van der Waals surface area contributed by atoms with E-state index in [0.717, 1.165) is 4.90 Å². The van der Waals surface area contributed by atoms with Crippen LogP contribution in [0.3, 0.4) is 0 Å². The molecule has 0 aliphatic carbocycles. The van der Waals surface area contributed by atoms with Crippen LogP contribution in [0, 0.1) is 0 Å². The van der Waals surface area contributed by atoms with Gasteiger partial charge in [0.1, 0.15) is 17.3 Å². The summed E-state index contributed by atoms with van der Waals surface area (Å²) < 4.78 is 0. The maximum Gasteiger partial charge on any atom is 0.300 e. The summed E-state index contributed by atoms with van der Waals surface area (Å²) in [4.78, 5) is 27.1. The van der Waals surface area contributed by atoms with Crippen LogP contribution in [-0.4, -0.2) is 27.0 Å². The van der Waals surface area contributed by atoms with E-state index in [1.807, 2.05) is 0 Å². The minimum absolute atomic E-state index is 0.0677. The van der Waals surface area contributed by atoms with Crippen molar-refractivity contribution in [2.75, 3.05) is 4.90 Å². The number of phenols is 2. The SMILES string of the molecule is O=C1C(=O)N(c2ccccc2O)C(c2cccc(O)c2)/C1=C(/O)c1ccc(Cl)cc1. The molecular formula is C23H16ClNO5. The number of aromatic hydroxyl groups is 2. The molecule has 1 atom stereocenters. The average molecular weight is 422 g/mol. The minimum atomic E-state index is -1.05. The minimum Gasteiger partial charge on any atom is -0.508 e. The summed E-state index contributed by atoms with van der Waals surface area (Å²) in [7, 11) is 0. The van der Waals surface area contributed by atoms with E-state index in [4.69, 9.17) is 11.6 Å². The number of aliphatic hydroxyl groups is 1. The number of anilines is 1. The number of benzene rings is 3. The van der Waals surface area contributed by atoms with E-state index in [0.29, 0.717) is 16.1 Å². The highest BCUT2D eigenvalue weighted by Gasteiger charge is 2.47. The molecule has 6 nitrogen and oxygen atoms in total. The summed E-state index contributed by atoms with van der Waals surface area (Å²) >= 11 is 5.91. The smallest absolute Gasteiger partial charge is 0.300 e. The molecular weight excluding hydrogens is 406 g/mol. The molecule has 3 aromatic carbocycles. The highest BCUT2D eigenvalue weighted by Crippen LogP contribution is 2.45. The fourth-order valence-electron chi connectivity index (χ4n) is 3.52. The normalized spacial score (nSPS) is 18.0. The summed E-state index contributed by atoms with van der Waals surface area (Å²) in [5, 5.41) is 31.7. The number of rotatable bonds is 3. The molecule has 0 saturated carbocycles. The van der Waals surface area contributed by atoms with Crippen molar-refractivity contribution in [2.45, 2.75) is 6.04 Å². The Hall–Kier alpha value is -3.77. The van der Waals surface area contributed by atoms with Gasteiger partial charge in [-0.15, -0.1) is 0 Å². The molecule has 1 fully saturated rings. The first-order valence-corrected chi connectivity index (χ1v) is 9.40. The van der Waals surface area contributed by atoms with Gasteiger partial charge in [0.25, 0.3) is 11.7 Å². The van der Waals surface area contributed by atoms with Gasteiger partial charge in [0, 0.05) is 10.6 Å². The third-order valence-corrected chi connectivity index (χ3v) is 5.14. The van der Waals surface area contributed by atoms with E-state index in [9.17, 15) is 24.9 Å². The average Bonchev–Trinajstić information content (AvgIpc) is 2.99. The van der Waals surface area contributed by atoms with E-state index < -0.39 is 17.7 Å². The predicted octanol–water partition coefficient (Wildman–Crippen LogP) is 4.38. The number of Topliss-reactive ketones (excluding diaryl/α,β-unsaturated/α-hetero) is 1. The van der Waals surface area contributed by atoms with Crippen molar-refractivity contribution in [3.63, 3.8) is 0 Å². The molecule has 0 aromatic heterocycles. The largest absolute Gasteiger partial charge is 0.508 e. The van der Waals surface area contributed by atoms with Crippen molar-refractivity contribution >= 4 is 34.7 Å². The highest BCUT2D eigenvalue weighted by atomic mass is 35.5. The van der Waals surface area contributed by atoms with E-state index in [1.165, 1.54) is 36.4 Å². The Kier molecular flexibility index (Phi) is 4.93. The lowest BCUT2D eigenvalue weighted by molar-refractivity contribution is -0.132. The number of aliphatic hydroxyl groups excluding tert-OH is 1. The van der Waals surface area contributed by atoms with Crippen LogP contribution in [0.2, 0.25) is 5.02 Å². The lowest BCUT2D eigenvalue weighted by Gasteiger charge is -2.26. The molecule has 3 aromatic rings. The standard InChI is InChI=1S/C23H16ClNO5/c24-15-10-8-13(9-11-15)21(28)19-20(14-4-3-5-16(26)12-14)25(23(30)22(19)29)17-6-1-2-7-18(17)27/h1-12,20,26-28H/b21-19-. The van der Waals surface area contributed by atoms with Crippen LogP contribution in [-0.2, 0) is 9.59 Å². The van der Waals surface area contributed by atoms with E-state index in [-0.39, 0.29) is 28.5 Å². The summed E-state index contributed by atoms with van der Waals surface area (Å²) in [6, 6.07) is 17.3. The second-order valence-corrected chi connectivity index (χ2v) is 7.20. The number of carbonyl (C=O) groups excluding carboxylic acids is 2. The zero-order valence-electron chi connectivity index (χ0n) is 15.5. The first-order valence-electron chi connectivity index (χ1n) is 9.02. The Balaban J connectivity index is 1.98. The number of nitrogens with zero attached hydrogens (tertiary/aromatic N) is 1. The van der Waals surface area contributed by atoms with Crippen molar-refractivity contribution < 1.29 is 24.9 Å². The molecule has 0 radical (unpaired) electrons. The van der Waals surface area contributed by atoms with Gasteiger partial charge in [0.05, 0.1) is 17.3 Å². The molecule has 7 heteroatoms. The van der Waals surface area contributed by atoms with Crippen LogP contribution in [0.15, 0.2) is 78.4 Å². The number of para-hydroxylation sites is 2. The summed E-state index contributed by atoms with van der Waals surface area (Å²) in [6.07, 6.45) is 0. The Labute approximate surface area is 176 Å². The van der Waals surface area contributed by atoms with Gasteiger partial charge < -0.3 is 15.3 Å². The van der Waals surface area contributed by atoms with Gasteiger partial charge in [-0.3, -0.25) is 14.5 Å². The Morgan fingerprint density at radius 3 is 2.27 bits per heavy atom.